The molecule has 4 aromatic rings. The van der Waals surface area contributed by atoms with Gasteiger partial charge in [-0.1, -0.05) is 24.6 Å². The zero-order valence-electron chi connectivity index (χ0n) is 20.3. The Morgan fingerprint density at radius 1 is 1.03 bits per heavy atom. The average Bonchev–Trinajstić information content (AvgIpc) is 3.53. The van der Waals surface area contributed by atoms with Gasteiger partial charge in [-0.2, -0.15) is 11.3 Å². The van der Waals surface area contributed by atoms with Gasteiger partial charge in [0.15, 0.2) is 15.7 Å². The van der Waals surface area contributed by atoms with Crippen LogP contribution in [0.1, 0.15) is 42.8 Å². The van der Waals surface area contributed by atoms with Gasteiger partial charge in [0.1, 0.15) is 34.6 Å². The largest absolute Gasteiger partial charge is 0.494 e. The highest BCUT2D eigenvalue weighted by Crippen LogP contribution is 2.35. The number of aromatic nitrogens is 5. The molecule has 3 aromatic heterocycles. The molecular weight excluding hydrogens is 522 g/mol. The molecule has 0 radical (unpaired) electrons. The lowest BCUT2D eigenvalue weighted by molar-refractivity contribution is 0.390. The fourth-order valence-electron chi connectivity index (χ4n) is 3.84. The Bertz CT molecular complexity index is 1400. The molecule has 0 N–H and O–H groups in total. The van der Waals surface area contributed by atoms with E-state index in [1.165, 1.54) is 12.4 Å². The van der Waals surface area contributed by atoms with E-state index >= 15 is 0 Å². The molecule has 2 atom stereocenters. The highest BCUT2D eigenvalue weighted by Gasteiger charge is 2.32. The number of methoxy groups -OCH3 is 2. The maximum Gasteiger partial charge on any atom is 0.160 e. The van der Waals surface area contributed by atoms with E-state index in [4.69, 9.17) is 21.1 Å². The Balaban J connectivity index is 1.76. The van der Waals surface area contributed by atoms with E-state index in [2.05, 4.69) is 20.2 Å². The van der Waals surface area contributed by atoms with Gasteiger partial charge in [-0.15, -0.1) is 10.2 Å². The first-order chi connectivity index (χ1) is 17.2. The maximum atomic E-state index is 13.6. The number of thiophene rings is 1. The maximum absolute atomic E-state index is 13.6. The Morgan fingerprint density at radius 3 is 2.25 bits per heavy atom. The van der Waals surface area contributed by atoms with Crippen molar-refractivity contribution < 1.29 is 17.9 Å². The van der Waals surface area contributed by atoms with Crippen molar-refractivity contribution in [3.63, 3.8) is 0 Å². The monoisotopic (exact) mass is 547 g/mol. The van der Waals surface area contributed by atoms with Gasteiger partial charge >= 0.3 is 0 Å². The quantitative estimate of drug-likeness (QED) is 0.286. The third kappa shape index (κ3) is 5.37. The number of sulfone groups is 1. The van der Waals surface area contributed by atoms with Crippen molar-refractivity contribution in [2.24, 2.45) is 0 Å². The molecular formula is C24H26ClN5O4S2. The topological polar surface area (TPSA) is 109 Å². The van der Waals surface area contributed by atoms with E-state index in [9.17, 15) is 8.42 Å². The van der Waals surface area contributed by atoms with Crippen molar-refractivity contribution in [3.05, 3.63) is 75.5 Å². The molecule has 4 rings (SSSR count). The molecule has 0 amide bonds. The van der Waals surface area contributed by atoms with E-state index in [1.54, 1.807) is 62.2 Å². The Morgan fingerprint density at radius 2 is 1.67 bits per heavy atom. The van der Waals surface area contributed by atoms with E-state index in [-0.39, 0.29) is 11.6 Å². The predicted octanol–water partition coefficient (Wildman–Crippen LogP) is 4.49. The van der Waals surface area contributed by atoms with Crippen LogP contribution in [0.5, 0.6) is 11.5 Å². The second-order valence-corrected chi connectivity index (χ2v) is 11.8. The van der Waals surface area contributed by atoms with Crippen molar-refractivity contribution in [2.45, 2.75) is 37.2 Å². The second kappa shape index (κ2) is 10.9. The van der Waals surface area contributed by atoms with Crippen molar-refractivity contribution in [1.82, 2.24) is 24.7 Å². The Hall–Kier alpha value is -3.02. The van der Waals surface area contributed by atoms with Crippen LogP contribution in [0.3, 0.4) is 0 Å². The summed E-state index contributed by atoms with van der Waals surface area (Å²) in [6.45, 7) is 3.43. The number of rotatable bonds is 10. The zero-order valence-corrected chi connectivity index (χ0v) is 22.6. The molecule has 0 bridgehead atoms. The smallest absolute Gasteiger partial charge is 0.160 e. The number of halogens is 1. The fourth-order valence-corrected chi connectivity index (χ4v) is 6.16. The molecule has 0 saturated heterocycles. The first kappa shape index (κ1) is 26.1. The van der Waals surface area contributed by atoms with E-state index in [1.807, 2.05) is 16.8 Å². The van der Waals surface area contributed by atoms with Crippen LogP contribution in [-0.2, 0) is 22.0 Å². The third-order valence-electron chi connectivity index (χ3n) is 6.01. The number of para-hydroxylation sites is 1. The molecule has 0 spiro atoms. The minimum Gasteiger partial charge on any atom is -0.494 e. The van der Waals surface area contributed by atoms with Gasteiger partial charge in [0.2, 0.25) is 0 Å². The number of benzene rings is 1. The number of nitrogens with zero attached hydrogens (tertiary/aromatic N) is 5. The van der Waals surface area contributed by atoms with Crippen molar-refractivity contribution in [2.75, 3.05) is 14.2 Å². The van der Waals surface area contributed by atoms with Gasteiger partial charge in [-0.3, -0.25) is 4.57 Å². The molecule has 0 aliphatic carbocycles. The van der Waals surface area contributed by atoms with Crippen LogP contribution >= 0.6 is 22.9 Å². The Kier molecular flexibility index (Phi) is 7.91. The van der Waals surface area contributed by atoms with Crippen LogP contribution in [0.2, 0.25) is 5.02 Å². The average molecular weight is 548 g/mol. The first-order valence-electron chi connectivity index (χ1n) is 11.1. The van der Waals surface area contributed by atoms with Gasteiger partial charge in [0.25, 0.3) is 0 Å². The number of ether oxygens (including phenoxy) is 2. The number of hydrogen-bond donors (Lipinski definition) is 0. The summed E-state index contributed by atoms with van der Waals surface area (Å²) in [4.78, 5) is 8.41. The molecule has 0 aliphatic rings. The summed E-state index contributed by atoms with van der Waals surface area (Å²) in [6, 6.07) is 7.37. The van der Waals surface area contributed by atoms with E-state index in [0.717, 1.165) is 5.56 Å². The molecule has 0 saturated carbocycles. The van der Waals surface area contributed by atoms with Crippen molar-refractivity contribution >= 4 is 32.8 Å². The second-order valence-electron chi connectivity index (χ2n) is 8.25. The van der Waals surface area contributed by atoms with Crippen LogP contribution in [0, 0.1) is 0 Å². The van der Waals surface area contributed by atoms with E-state index in [0.29, 0.717) is 40.3 Å². The molecule has 190 valence electrons. The van der Waals surface area contributed by atoms with Crippen LogP contribution in [0.15, 0.2) is 47.4 Å². The normalized spacial score (nSPS) is 13.4. The van der Waals surface area contributed by atoms with Crippen molar-refractivity contribution in [1.29, 1.82) is 0 Å². The molecule has 1 aromatic carbocycles. The zero-order chi connectivity index (χ0) is 25.9. The highest BCUT2D eigenvalue weighted by molar-refractivity contribution is 7.91. The molecule has 0 aliphatic heterocycles. The SMILES string of the molecule is COc1cccc(OC)c1-n1c(Cc2ccsc2)nnc1CS(=O)(=O)[C@@H](C)[C@H](C)c1ncc(Cl)cn1. The fraction of sp³-hybridized carbons (Fsp3) is 0.333. The summed E-state index contributed by atoms with van der Waals surface area (Å²) in [5.41, 5.74) is 1.59. The standard InChI is InChI=1S/C24H26ClN5O4S2/c1-15(24-26-11-18(25)12-27-24)16(2)36(31,32)14-22-29-28-21(10-17-8-9-35-13-17)30(22)23-19(33-3)6-5-7-20(23)34-4/h5-9,11-13,15-16H,10,14H2,1-4H3/t15-,16-/m0/s1. The first-order valence-corrected chi connectivity index (χ1v) is 14.1. The molecule has 9 nitrogen and oxygen atoms in total. The predicted molar refractivity (Wildman–Crippen MR) is 139 cm³/mol. The molecule has 12 heteroatoms. The van der Waals surface area contributed by atoms with Crippen LogP contribution in [0.4, 0.5) is 0 Å². The van der Waals surface area contributed by atoms with Gasteiger partial charge in [0.05, 0.1) is 24.5 Å². The van der Waals surface area contributed by atoms with Crippen LogP contribution < -0.4 is 9.47 Å². The highest BCUT2D eigenvalue weighted by atomic mass is 35.5. The lowest BCUT2D eigenvalue weighted by atomic mass is 10.1. The van der Waals surface area contributed by atoms with Crippen LogP contribution in [-0.4, -0.2) is 52.6 Å². The third-order valence-corrected chi connectivity index (χ3v) is 9.14. The Labute approximate surface area is 219 Å². The van der Waals surface area contributed by atoms with Crippen molar-refractivity contribution in [3.8, 4) is 17.2 Å². The summed E-state index contributed by atoms with van der Waals surface area (Å²) in [5, 5.41) is 12.3. The summed E-state index contributed by atoms with van der Waals surface area (Å²) in [7, 11) is -0.607. The van der Waals surface area contributed by atoms with Crippen LogP contribution in [0.25, 0.3) is 5.69 Å². The molecule has 0 unspecified atom stereocenters. The minimum atomic E-state index is -3.71. The summed E-state index contributed by atoms with van der Waals surface area (Å²) in [5.74, 6) is 1.45. The van der Waals surface area contributed by atoms with E-state index < -0.39 is 21.0 Å². The van der Waals surface area contributed by atoms with Gasteiger partial charge in [0, 0.05) is 24.7 Å². The van der Waals surface area contributed by atoms with Gasteiger partial charge in [-0.05, 0) is 41.4 Å². The molecule has 36 heavy (non-hydrogen) atoms. The number of hydrogen-bond acceptors (Lipinski definition) is 9. The lowest BCUT2D eigenvalue weighted by Crippen LogP contribution is -2.27. The summed E-state index contributed by atoms with van der Waals surface area (Å²) < 4.78 is 40.1. The summed E-state index contributed by atoms with van der Waals surface area (Å²) >= 11 is 7.47. The lowest BCUT2D eigenvalue weighted by Gasteiger charge is -2.20. The van der Waals surface area contributed by atoms with Gasteiger partial charge in [-0.25, -0.2) is 18.4 Å². The minimum absolute atomic E-state index is 0.263. The summed E-state index contributed by atoms with van der Waals surface area (Å²) in [6.07, 6.45) is 3.38. The van der Waals surface area contributed by atoms with Gasteiger partial charge < -0.3 is 9.47 Å². The molecule has 3 heterocycles. The molecule has 0 fully saturated rings.